The van der Waals surface area contributed by atoms with Crippen LogP contribution < -0.4 is 11.1 Å². The van der Waals surface area contributed by atoms with Crippen LogP contribution in [-0.2, 0) is 11.3 Å². The molecular formula is C11H13N2O2. The second-order valence-corrected chi connectivity index (χ2v) is 3.18. The molecule has 0 aliphatic rings. The van der Waals surface area contributed by atoms with Crippen molar-refractivity contribution in [2.45, 2.75) is 13.5 Å². The number of hydrogen-bond acceptors (Lipinski definition) is 3. The van der Waals surface area contributed by atoms with E-state index in [0.717, 1.165) is 5.56 Å². The number of Topliss-reactive ketones (excluding diaryl/α,β-unsaturated/α-hetero) is 1. The summed E-state index contributed by atoms with van der Waals surface area (Å²) in [4.78, 5) is 22.0. The van der Waals surface area contributed by atoms with Crippen LogP contribution in [0.5, 0.6) is 0 Å². The van der Waals surface area contributed by atoms with E-state index in [9.17, 15) is 9.59 Å². The smallest absolute Gasteiger partial charge is 0.221 e. The van der Waals surface area contributed by atoms with Crippen molar-refractivity contribution in [1.82, 2.24) is 0 Å². The Balaban J connectivity index is 3.10. The van der Waals surface area contributed by atoms with Crippen LogP contribution >= 0.6 is 0 Å². The van der Waals surface area contributed by atoms with E-state index in [2.05, 4.69) is 12.2 Å². The van der Waals surface area contributed by atoms with E-state index in [4.69, 9.17) is 5.73 Å². The van der Waals surface area contributed by atoms with Crippen LogP contribution in [0.4, 0.5) is 5.69 Å². The second kappa shape index (κ2) is 4.70. The van der Waals surface area contributed by atoms with Gasteiger partial charge < -0.3 is 11.1 Å². The lowest BCUT2D eigenvalue weighted by atomic mass is 10.0. The van der Waals surface area contributed by atoms with Crippen molar-refractivity contribution in [3.63, 3.8) is 0 Å². The number of hydrogen-bond donors (Lipinski definition) is 2. The van der Waals surface area contributed by atoms with Crippen molar-refractivity contribution >= 4 is 17.4 Å². The predicted octanol–water partition coefficient (Wildman–Crippen LogP) is 1.12. The number of amides is 1. The van der Waals surface area contributed by atoms with Crippen molar-refractivity contribution in [3.05, 3.63) is 36.2 Å². The van der Waals surface area contributed by atoms with E-state index in [0.29, 0.717) is 11.3 Å². The molecule has 0 atom stereocenters. The van der Waals surface area contributed by atoms with Gasteiger partial charge in [0.05, 0.1) is 0 Å². The number of carbonyl (C=O) groups is 2. The van der Waals surface area contributed by atoms with Gasteiger partial charge in [0.25, 0.3) is 0 Å². The van der Waals surface area contributed by atoms with Gasteiger partial charge in [0, 0.05) is 31.6 Å². The Labute approximate surface area is 88.5 Å². The van der Waals surface area contributed by atoms with Crippen LogP contribution in [-0.4, -0.2) is 11.7 Å². The van der Waals surface area contributed by atoms with Gasteiger partial charge in [-0.1, -0.05) is 6.07 Å². The van der Waals surface area contributed by atoms with Crippen molar-refractivity contribution < 1.29 is 9.59 Å². The first-order valence-corrected chi connectivity index (χ1v) is 4.51. The van der Waals surface area contributed by atoms with Gasteiger partial charge in [-0.3, -0.25) is 9.59 Å². The van der Waals surface area contributed by atoms with Gasteiger partial charge in [0.15, 0.2) is 5.78 Å². The highest BCUT2D eigenvalue weighted by molar-refractivity contribution is 6.02. The molecule has 0 saturated carbocycles. The van der Waals surface area contributed by atoms with Crippen molar-refractivity contribution in [2.24, 2.45) is 5.73 Å². The molecule has 1 amide bonds. The fraction of sp³-hybridized carbons (Fsp3) is 0.182. The Hall–Kier alpha value is -1.68. The summed E-state index contributed by atoms with van der Waals surface area (Å²) in [5, 5.41) is 2.59. The molecule has 0 saturated heterocycles. The van der Waals surface area contributed by atoms with Crippen molar-refractivity contribution in [1.29, 1.82) is 0 Å². The van der Waals surface area contributed by atoms with E-state index in [1.165, 1.54) is 6.92 Å². The standard InChI is InChI=1S/C11H13N2O2/c1-7(14)11-5-10(13-8(2)15)4-3-9(11)6-12/h3-5H,1,6,12H2,2H3,(H,13,15). The molecule has 0 heterocycles. The van der Waals surface area contributed by atoms with Gasteiger partial charge in [-0.05, 0) is 17.7 Å². The van der Waals surface area contributed by atoms with Crippen LogP contribution in [0.1, 0.15) is 22.8 Å². The van der Waals surface area contributed by atoms with Gasteiger partial charge in [-0.2, -0.15) is 0 Å². The number of benzene rings is 1. The first-order valence-electron chi connectivity index (χ1n) is 4.51. The minimum absolute atomic E-state index is 0.182. The Bertz CT molecular complexity index is 400. The molecular weight excluding hydrogens is 192 g/mol. The zero-order chi connectivity index (χ0) is 11.4. The summed E-state index contributed by atoms with van der Waals surface area (Å²) in [6.07, 6.45) is 0. The van der Waals surface area contributed by atoms with Gasteiger partial charge in [-0.25, -0.2) is 0 Å². The summed E-state index contributed by atoms with van der Waals surface area (Å²) >= 11 is 0. The lowest BCUT2D eigenvalue weighted by molar-refractivity contribution is -0.114. The van der Waals surface area contributed by atoms with Crippen LogP contribution in [0.3, 0.4) is 0 Å². The molecule has 3 N–H and O–H groups in total. The lowest BCUT2D eigenvalue weighted by Gasteiger charge is -2.08. The molecule has 1 rings (SSSR count). The fourth-order valence-corrected chi connectivity index (χ4v) is 1.30. The van der Waals surface area contributed by atoms with E-state index in [-0.39, 0.29) is 18.2 Å². The predicted molar refractivity (Wildman–Crippen MR) is 58.3 cm³/mol. The molecule has 0 spiro atoms. The molecule has 0 fully saturated rings. The number of nitrogens with two attached hydrogens (primary N) is 1. The highest BCUT2D eigenvalue weighted by Gasteiger charge is 2.07. The van der Waals surface area contributed by atoms with Crippen LogP contribution in [0.2, 0.25) is 0 Å². The molecule has 0 aliphatic carbocycles. The zero-order valence-corrected chi connectivity index (χ0v) is 8.54. The van der Waals surface area contributed by atoms with Gasteiger partial charge >= 0.3 is 0 Å². The van der Waals surface area contributed by atoms with Crippen LogP contribution in [0.25, 0.3) is 0 Å². The molecule has 15 heavy (non-hydrogen) atoms. The zero-order valence-electron chi connectivity index (χ0n) is 8.54. The Morgan fingerprint density at radius 3 is 2.60 bits per heavy atom. The maximum atomic E-state index is 11.2. The topological polar surface area (TPSA) is 72.2 Å². The third-order valence-corrected chi connectivity index (χ3v) is 1.95. The number of rotatable bonds is 3. The molecule has 1 aromatic carbocycles. The summed E-state index contributed by atoms with van der Waals surface area (Å²) in [6, 6.07) is 5.00. The molecule has 4 nitrogen and oxygen atoms in total. The summed E-state index contributed by atoms with van der Waals surface area (Å²) in [7, 11) is 0. The van der Waals surface area contributed by atoms with Crippen LogP contribution in [0.15, 0.2) is 18.2 Å². The molecule has 0 aliphatic heterocycles. The Morgan fingerprint density at radius 1 is 1.47 bits per heavy atom. The fourth-order valence-electron chi connectivity index (χ4n) is 1.30. The highest BCUT2D eigenvalue weighted by Crippen LogP contribution is 2.16. The summed E-state index contributed by atoms with van der Waals surface area (Å²) in [5.74, 6) is -0.486. The maximum Gasteiger partial charge on any atom is 0.221 e. The van der Waals surface area contributed by atoms with Crippen molar-refractivity contribution in [3.8, 4) is 0 Å². The number of ketones is 1. The number of carbonyl (C=O) groups excluding carboxylic acids is 2. The highest BCUT2D eigenvalue weighted by atomic mass is 16.1. The largest absolute Gasteiger partial charge is 0.326 e. The minimum atomic E-state index is -0.303. The van der Waals surface area contributed by atoms with E-state index in [1.807, 2.05) is 0 Å². The first kappa shape index (κ1) is 11.4. The number of anilines is 1. The van der Waals surface area contributed by atoms with Gasteiger partial charge in [0.2, 0.25) is 5.91 Å². The quantitative estimate of drug-likeness (QED) is 0.726. The minimum Gasteiger partial charge on any atom is -0.326 e. The molecule has 1 radical (unpaired) electrons. The summed E-state index contributed by atoms with van der Waals surface area (Å²) in [5.41, 5.74) is 7.22. The van der Waals surface area contributed by atoms with Crippen LogP contribution in [0, 0.1) is 6.92 Å². The molecule has 4 heteroatoms. The molecule has 0 unspecified atom stereocenters. The monoisotopic (exact) mass is 205 g/mol. The Morgan fingerprint density at radius 2 is 2.13 bits per heavy atom. The lowest BCUT2D eigenvalue weighted by Crippen LogP contribution is -2.09. The van der Waals surface area contributed by atoms with Gasteiger partial charge in [-0.15, -0.1) is 0 Å². The van der Waals surface area contributed by atoms with Crippen molar-refractivity contribution in [2.75, 3.05) is 5.32 Å². The van der Waals surface area contributed by atoms with E-state index < -0.39 is 0 Å². The Kier molecular flexibility index (Phi) is 3.57. The summed E-state index contributed by atoms with van der Waals surface area (Å²) in [6.45, 7) is 5.01. The molecule has 79 valence electrons. The van der Waals surface area contributed by atoms with Gasteiger partial charge in [0.1, 0.15) is 0 Å². The first-order chi connectivity index (χ1) is 7.04. The normalized spacial score (nSPS) is 9.80. The average Bonchev–Trinajstić information content (AvgIpc) is 2.16. The molecule has 0 aromatic heterocycles. The van der Waals surface area contributed by atoms with E-state index >= 15 is 0 Å². The summed E-state index contributed by atoms with van der Waals surface area (Å²) < 4.78 is 0. The SMILES string of the molecule is [CH2]C(=O)c1cc(NC(C)=O)ccc1CN. The van der Waals surface area contributed by atoms with E-state index in [1.54, 1.807) is 18.2 Å². The molecule has 0 bridgehead atoms. The third-order valence-electron chi connectivity index (χ3n) is 1.95. The third kappa shape index (κ3) is 2.89. The number of nitrogens with one attached hydrogen (secondary N) is 1. The average molecular weight is 205 g/mol. The molecule has 1 aromatic rings. The second-order valence-electron chi connectivity index (χ2n) is 3.18. The maximum absolute atomic E-state index is 11.2.